The molecule has 0 radical (unpaired) electrons. The quantitative estimate of drug-likeness (QED) is 0.232. The standard InChI is InChI=1S/C45H54N2O12/c1-11-28-17-12-13-18-29(28)46-34-35-40(53)32-31(39(34)52)33-42(26(7)38(32)51)59-45(9,43(33)54)57-20-19-30(56-10)23(4)41(58-27(8)48)25(6)37(50)24(5)36(49)21(2)15-14-16-22(3)44(55)47-35/h12-21,23-25,30,36-37,41,46,49-51H,11H2,1-10H3,(H,47,55)/t21-,23+,24+,25-,30-,36-,37-,41+,45-/m0/s1. The molecule has 316 valence electrons. The number of carbonyl (C=O) groups excluding carboxylic acids is 5. The van der Waals surface area contributed by atoms with Gasteiger partial charge in [0.25, 0.3) is 11.7 Å². The first-order valence-electron chi connectivity index (χ1n) is 19.7. The Morgan fingerprint density at radius 3 is 2.25 bits per heavy atom. The van der Waals surface area contributed by atoms with Gasteiger partial charge in [-0.25, -0.2) is 0 Å². The summed E-state index contributed by atoms with van der Waals surface area (Å²) in [6, 6.07) is 7.08. The Bertz CT molecular complexity index is 2170. The third kappa shape index (κ3) is 8.48. The maximum Gasteiger partial charge on any atom is 0.312 e. The Hall–Kier alpha value is -5.57. The van der Waals surface area contributed by atoms with Gasteiger partial charge in [0, 0.05) is 61.5 Å². The molecule has 1 amide bonds. The first-order chi connectivity index (χ1) is 27.8. The van der Waals surface area contributed by atoms with Crippen LogP contribution in [0.5, 0.6) is 11.5 Å². The summed E-state index contributed by atoms with van der Waals surface area (Å²) in [6.45, 7) is 14.3. The van der Waals surface area contributed by atoms with Crippen LogP contribution in [0.25, 0.3) is 0 Å². The van der Waals surface area contributed by atoms with Gasteiger partial charge in [-0.3, -0.25) is 24.0 Å². The number of anilines is 1. The van der Waals surface area contributed by atoms with E-state index in [4.69, 9.17) is 18.9 Å². The summed E-state index contributed by atoms with van der Waals surface area (Å²) in [5, 5.41) is 40.0. The van der Waals surface area contributed by atoms with Gasteiger partial charge in [-0.1, -0.05) is 71.0 Å². The molecular weight excluding hydrogens is 760 g/mol. The van der Waals surface area contributed by atoms with Crippen LogP contribution in [0.15, 0.2) is 71.8 Å². The molecule has 5 bridgehead atoms. The van der Waals surface area contributed by atoms with Crippen LogP contribution in [0.3, 0.4) is 0 Å². The van der Waals surface area contributed by atoms with Crippen molar-refractivity contribution in [2.75, 3.05) is 12.4 Å². The monoisotopic (exact) mass is 814 g/mol. The van der Waals surface area contributed by atoms with E-state index in [1.165, 1.54) is 53.2 Å². The van der Waals surface area contributed by atoms with Crippen molar-refractivity contribution in [1.82, 2.24) is 5.32 Å². The number of aliphatic hydroxyl groups excluding tert-OH is 2. The van der Waals surface area contributed by atoms with E-state index in [1.54, 1.807) is 52.0 Å². The predicted octanol–water partition coefficient (Wildman–Crippen LogP) is 5.63. The van der Waals surface area contributed by atoms with Crippen molar-refractivity contribution >= 4 is 34.9 Å². The van der Waals surface area contributed by atoms with Crippen LogP contribution >= 0.6 is 0 Å². The van der Waals surface area contributed by atoms with Crippen molar-refractivity contribution in [2.45, 2.75) is 98.9 Å². The van der Waals surface area contributed by atoms with Crippen LogP contribution in [0, 0.1) is 30.6 Å². The van der Waals surface area contributed by atoms with Gasteiger partial charge in [0.2, 0.25) is 11.6 Å². The molecule has 3 heterocycles. The molecule has 14 heteroatoms. The molecule has 4 aliphatic rings. The average Bonchev–Trinajstić information content (AvgIpc) is 3.47. The number of hydrogen-bond donors (Lipinski definition) is 5. The molecule has 14 nitrogen and oxygen atoms in total. The highest BCUT2D eigenvalue weighted by molar-refractivity contribution is 6.33. The summed E-state index contributed by atoms with van der Waals surface area (Å²) in [5.41, 5.74) is -0.600. The number of para-hydroxylation sites is 1. The van der Waals surface area contributed by atoms with E-state index in [0.29, 0.717) is 12.1 Å². The summed E-state index contributed by atoms with van der Waals surface area (Å²) in [7, 11) is 1.42. The number of amides is 1. The number of phenolic OH excluding ortho intramolecular Hbond substituents is 1. The van der Waals surface area contributed by atoms with Gasteiger partial charge >= 0.3 is 11.8 Å². The Labute approximate surface area is 343 Å². The number of carbonyl (C=O) groups is 5. The number of ether oxygens (including phenoxy) is 4. The van der Waals surface area contributed by atoms with E-state index >= 15 is 0 Å². The summed E-state index contributed by atoms with van der Waals surface area (Å²) in [4.78, 5) is 69.8. The number of rotatable bonds is 5. The predicted molar refractivity (Wildman–Crippen MR) is 218 cm³/mol. The molecule has 3 aliphatic heterocycles. The highest BCUT2D eigenvalue weighted by Crippen LogP contribution is 2.49. The lowest BCUT2D eigenvalue weighted by Crippen LogP contribution is -2.46. The number of ketones is 3. The second-order valence-electron chi connectivity index (χ2n) is 15.7. The van der Waals surface area contributed by atoms with Crippen molar-refractivity contribution in [3.8, 4) is 11.5 Å². The lowest BCUT2D eigenvalue weighted by atomic mass is 9.78. The molecule has 0 saturated heterocycles. The zero-order valence-electron chi connectivity index (χ0n) is 35.0. The number of esters is 1. The van der Waals surface area contributed by atoms with Gasteiger partial charge in [-0.15, -0.1) is 0 Å². The molecule has 1 aliphatic carbocycles. The number of benzene rings is 2. The van der Waals surface area contributed by atoms with Crippen LogP contribution in [-0.2, 0) is 30.2 Å². The van der Waals surface area contributed by atoms with Crippen LogP contribution in [-0.4, -0.2) is 81.9 Å². The molecule has 0 unspecified atom stereocenters. The van der Waals surface area contributed by atoms with Crippen LogP contribution < -0.4 is 15.4 Å². The van der Waals surface area contributed by atoms with Crippen molar-refractivity contribution in [3.63, 3.8) is 0 Å². The number of fused-ring (bicyclic) bond motifs is 14. The Balaban J connectivity index is 1.70. The van der Waals surface area contributed by atoms with Gasteiger partial charge in [-0.2, -0.15) is 0 Å². The highest BCUT2D eigenvalue weighted by Gasteiger charge is 2.53. The second-order valence-corrected chi connectivity index (χ2v) is 15.7. The minimum absolute atomic E-state index is 0.0135. The Kier molecular flexibility index (Phi) is 13.4. The van der Waals surface area contributed by atoms with Crippen molar-refractivity contribution in [2.24, 2.45) is 23.7 Å². The van der Waals surface area contributed by atoms with Gasteiger partial charge in [0.15, 0.2) is 0 Å². The number of hydrogen-bond acceptors (Lipinski definition) is 13. The number of phenols is 1. The number of aryl methyl sites for hydroxylation is 1. The van der Waals surface area contributed by atoms with Crippen LogP contribution in [0.1, 0.15) is 97.6 Å². The maximum absolute atomic E-state index is 14.8. The summed E-state index contributed by atoms with van der Waals surface area (Å²) < 4.78 is 23.5. The minimum atomic E-state index is -2.10. The topological polar surface area (TPSA) is 207 Å². The van der Waals surface area contributed by atoms with Crippen molar-refractivity contribution < 1.29 is 58.2 Å². The van der Waals surface area contributed by atoms with E-state index in [9.17, 15) is 39.3 Å². The van der Waals surface area contributed by atoms with E-state index in [0.717, 1.165) is 5.56 Å². The number of Topliss-reactive ketones (excluding diaryl/α,β-unsaturated/α-hetero) is 3. The molecule has 0 aromatic heterocycles. The second kappa shape index (κ2) is 17.7. The summed E-state index contributed by atoms with van der Waals surface area (Å²) in [5.74, 6) is -9.38. The molecule has 2 aromatic rings. The first kappa shape index (κ1) is 44.5. The molecule has 59 heavy (non-hydrogen) atoms. The van der Waals surface area contributed by atoms with Gasteiger partial charge in [-0.05, 0) is 38.0 Å². The molecule has 5 N–H and O–H groups in total. The van der Waals surface area contributed by atoms with Gasteiger partial charge < -0.3 is 44.9 Å². The molecule has 2 aromatic carbocycles. The van der Waals surface area contributed by atoms with Crippen molar-refractivity contribution in [1.29, 1.82) is 0 Å². The van der Waals surface area contributed by atoms with Crippen LogP contribution in [0.2, 0.25) is 0 Å². The van der Waals surface area contributed by atoms with E-state index in [-0.39, 0.29) is 28.1 Å². The van der Waals surface area contributed by atoms with E-state index in [2.05, 4.69) is 10.6 Å². The fourth-order valence-corrected chi connectivity index (χ4v) is 7.90. The number of aromatic hydroxyl groups is 1. The van der Waals surface area contributed by atoms with E-state index in [1.807, 2.05) is 19.1 Å². The maximum atomic E-state index is 14.8. The zero-order chi connectivity index (χ0) is 43.7. The summed E-state index contributed by atoms with van der Waals surface area (Å²) in [6.07, 6.45) is 3.92. The smallest absolute Gasteiger partial charge is 0.312 e. The summed E-state index contributed by atoms with van der Waals surface area (Å²) >= 11 is 0. The van der Waals surface area contributed by atoms with Gasteiger partial charge in [0.05, 0.1) is 41.3 Å². The Morgan fingerprint density at radius 1 is 0.932 bits per heavy atom. The van der Waals surface area contributed by atoms with Crippen LogP contribution in [0.4, 0.5) is 5.69 Å². The highest BCUT2D eigenvalue weighted by atomic mass is 16.7. The largest absolute Gasteiger partial charge is 0.507 e. The third-order valence-corrected chi connectivity index (χ3v) is 11.6. The lowest BCUT2D eigenvalue weighted by molar-refractivity contribution is -0.160. The SMILES string of the molecule is CCc1ccccc1NC1=C2NC(=O)C(C)=CC=C[C@H](C)[C@H](O)[C@@H](C)[C@H](O)[C@H](C)[C@H](OC(C)=O)[C@H](C)[C@@H](OC)C=CO[C@@]3(C)Oc4c(C)c(O)c(c(c4C3=O)C1=O)C2=O. The minimum Gasteiger partial charge on any atom is -0.507 e. The van der Waals surface area contributed by atoms with Crippen molar-refractivity contribution in [3.05, 3.63) is 99.6 Å². The molecule has 0 spiro atoms. The lowest BCUT2D eigenvalue weighted by Gasteiger charge is -2.38. The number of allylic oxidation sites excluding steroid dienone is 4. The number of nitrogens with one attached hydrogen (secondary N) is 2. The molecular formula is C45H54N2O12. The third-order valence-electron chi connectivity index (χ3n) is 11.6. The molecule has 0 saturated carbocycles. The van der Waals surface area contributed by atoms with Gasteiger partial charge in [0.1, 0.15) is 29.0 Å². The van der Waals surface area contributed by atoms with E-state index < -0.39 is 106 Å². The normalized spacial score (nSPS) is 29.1. The number of aliphatic hydroxyl groups is 2. The molecule has 6 rings (SSSR count). The fraction of sp³-hybridized carbons (Fsp3) is 0.444. The zero-order valence-corrected chi connectivity index (χ0v) is 35.0. The average molecular weight is 815 g/mol. The number of methoxy groups -OCH3 is 1. The molecule has 9 atom stereocenters. The fourth-order valence-electron chi connectivity index (χ4n) is 7.90. The Morgan fingerprint density at radius 2 is 1.61 bits per heavy atom. The molecule has 0 fully saturated rings. The first-order valence-corrected chi connectivity index (χ1v) is 19.7.